The van der Waals surface area contributed by atoms with E-state index in [4.69, 9.17) is 0 Å². The van der Waals surface area contributed by atoms with Crippen LogP contribution < -0.4 is 5.56 Å². The Labute approximate surface area is 143 Å². The van der Waals surface area contributed by atoms with E-state index in [2.05, 4.69) is 4.99 Å². The summed E-state index contributed by atoms with van der Waals surface area (Å²) in [6, 6.07) is 7.19. The standard InChI is InChI=1S/C17H16N4O4/c1-10(2)20-16(22)14(8-18)11(3)15(17(20)23)9-19-12-5-4-6-13(7-12)21(24)25/h4-7,9-10,23H,1-3H3. The molecule has 128 valence electrons. The van der Waals surface area contributed by atoms with Crippen LogP contribution in [-0.4, -0.2) is 20.8 Å². The van der Waals surface area contributed by atoms with Gasteiger partial charge in [-0.1, -0.05) is 6.07 Å². The van der Waals surface area contributed by atoms with Gasteiger partial charge in [-0.05, 0) is 32.4 Å². The number of hydrogen-bond acceptors (Lipinski definition) is 6. The number of nitrogens with zero attached hydrogens (tertiary/aromatic N) is 4. The number of aromatic hydroxyl groups is 1. The number of nitro groups is 1. The average molecular weight is 340 g/mol. The van der Waals surface area contributed by atoms with Gasteiger partial charge in [0.2, 0.25) is 5.88 Å². The minimum absolute atomic E-state index is 0.0769. The summed E-state index contributed by atoms with van der Waals surface area (Å²) in [6.45, 7) is 4.96. The van der Waals surface area contributed by atoms with Gasteiger partial charge in [0.05, 0.1) is 16.2 Å². The Bertz CT molecular complexity index is 968. The molecule has 25 heavy (non-hydrogen) atoms. The van der Waals surface area contributed by atoms with Gasteiger partial charge in [0, 0.05) is 24.4 Å². The quantitative estimate of drug-likeness (QED) is 0.521. The largest absolute Gasteiger partial charge is 0.494 e. The van der Waals surface area contributed by atoms with E-state index in [9.17, 15) is 25.3 Å². The summed E-state index contributed by atoms with van der Waals surface area (Å²) >= 11 is 0. The molecule has 0 aliphatic heterocycles. The van der Waals surface area contributed by atoms with Crippen LogP contribution >= 0.6 is 0 Å². The number of rotatable bonds is 4. The van der Waals surface area contributed by atoms with Crippen molar-refractivity contribution >= 4 is 17.6 Å². The van der Waals surface area contributed by atoms with E-state index in [0.29, 0.717) is 11.3 Å². The summed E-state index contributed by atoms with van der Waals surface area (Å²) in [5, 5.41) is 30.5. The van der Waals surface area contributed by atoms with E-state index < -0.39 is 10.5 Å². The number of aromatic nitrogens is 1. The molecule has 0 amide bonds. The Morgan fingerprint density at radius 3 is 2.68 bits per heavy atom. The van der Waals surface area contributed by atoms with Gasteiger partial charge in [0.25, 0.3) is 11.2 Å². The van der Waals surface area contributed by atoms with Crippen molar-refractivity contribution < 1.29 is 10.0 Å². The summed E-state index contributed by atoms with van der Waals surface area (Å²) in [5.41, 5.74) is 0.0775. The molecular weight excluding hydrogens is 324 g/mol. The molecule has 1 N–H and O–H groups in total. The zero-order valence-corrected chi connectivity index (χ0v) is 13.9. The first-order valence-electron chi connectivity index (χ1n) is 7.44. The van der Waals surface area contributed by atoms with E-state index >= 15 is 0 Å². The summed E-state index contributed by atoms with van der Waals surface area (Å²) in [7, 11) is 0. The van der Waals surface area contributed by atoms with Crippen LogP contribution in [0, 0.1) is 28.4 Å². The monoisotopic (exact) mass is 340 g/mol. The van der Waals surface area contributed by atoms with Crippen LogP contribution in [0.4, 0.5) is 11.4 Å². The zero-order valence-electron chi connectivity index (χ0n) is 13.9. The van der Waals surface area contributed by atoms with Crippen LogP contribution in [0.15, 0.2) is 34.1 Å². The molecule has 0 radical (unpaired) electrons. The third-order valence-corrected chi connectivity index (χ3v) is 3.69. The van der Waals surface area contributed by atoms with Crippen LogP contribution in [0.1, 0.15) is 36.6 Å². The van der Waals surface area contributed by atoms with E-state index in [1.807, 2.05) is 6.07 Å². The van der Waals surface area contributed by atoms with Crippen molar-refractivity contribution in [1.82, 2.24) is 4.57 Å². The van der Waals surface area contributed by atoms with Gasteiger partial charge in [0.15, 0.2) is 0 Å². The number of non-ortho nitro benzene ring substituents is 1. The zero-order chi connectivity index (χ0) is 18.7. The first-order valence-corrected chi connectivity index (χ1v) is 7.44. The maximum absolute atomic E-state index is 12.3. The number of pyridine rings is 1. The van der Waals surface area contributed by atoms with Gasteiger partial charge >= 0.3 is 0 Å². The Morgan fingerprint density at radius 2 is 2.12 bits per heavy atom. The first kappa shape index (κ1) is 17.9. The molecule has 0 aliphatic carbocycles. The number of hydrogen-bond donors (Lipinski definition) is 1. The highest BCUT2D eigenvalue weighted by molar-refractivity contribution is 5.87. The molecule has 0 saturated heterocycles. The second-order valence-electron chi connectivity index (χ2n) is 5.65. The van der Waals surface area contributed by atoms with Gasteiger partial charge in [-0.2, -0.15) is 5.26 Å². The topological polar surface area (TPSA) is 122 Å². The molecule has 2 aromatic rings. The Hall–Kier alpha value is -3.47. The van der Waals surface area contributed by atoms with Crippen LogP contribution in [0.25, 0.3) is 0 Å². The molecule has 0 fully saturated rings. The number of benzene rings is 1. The third-order valence-electron chi connectivity index (χ3n) is 3.69. The highest BCUT2D eigenvalue weighted by atomic mass is 16.6. The van der Waals surface area contributed by atoms with E-state index in [0.717, 1.165) is 4.57 Å². The maximum atomic E-state index is 12.3. The van der Waals surface area contributed by atoms with E-state index in [-0.39, 0.29) is 28.7 Å². The SMILES string of the molecule is Cc1c(C=Nc2cccc([N+](=O)[O-])c2)c(O)n(C(C)C)c(=O)c1C#N. The maximum Gasteiger partial charge on any atom is 0.271 e. The minimum Gasteiger partial charge on any atom is -0.494 e. The van der Waals surface area contributed by atoms with Crippen LogP contribution in [-0.2, 0) is 0 Å². The highest BCUT2D eigenvalue weighted by Crippen LogP contribution is 2.25. The van der Waals surface area contributed by atoms with Crippen LogP contribution in [0.5, 0.6) is 5.88 Å². The molecule has 0 bridgehead atoms. The minimum atomic E-state index is -0.569. The van der Waals surface area contributed by atoms with E-state index in [1.54, 1.807) is 26.8 Å². The molecule has 0 aliphatic rings. The summed E-state index contributed by atoms with van der Waals surface area (Å²) in [6.07, 6.45) is 1.29. The van der Waals surface area contributed by atoms with Crippen molar-refractivity contribution in [1.29, 1.82) is 5.26 Å². The summed E-state index contributed by atoms with van der Waals surface area (Å²) in [4.78, 5) is 26.7. The molecular formula is C17H16N4O4. The van der Waals surface area contributed by atoms with Crippen molar-refractivity contribution in [2.24, 2.45) is 4.99 Å². The molecule has 2 rings (SSSR count). The van der Waals surface area contributed by atoms with Crippen molar-refractivity contribution in [3.05, 3.63) is 61.4 Å². The molecule has 0 saturated carbocycles. The molecule has 0 unspecified atom stereocenters. The van der Waals surface area contributed by atoms with Gasteiger partial charge in [-0.15, -0.1) is 0 Å². The van der Waals surface area contributed by atoms with Crippen molar-refractivity contribution in [2.45, 2.75) is 26.8 Å². The number of aliphatic imine (C=N–C) groups is 1. The van der Waals surface area contributed by atoms with Crippen molar-refractivity contribution in [2.75, 3.05) is 0 Å². The second-order valence-corrected chi connectivity index (χ2v) is 5.65. The van der Waals surface area contributed by atoms with Crippen LogP contribution in [0.3, 0.4) is 0 Å². The van der Waals surface area contributed by atoms with Crippen LogP contribution in [0.2, 0.25) is 0 Å². The highest BCUT2D eigenvalue weighted by Gasteiger charge is 2.19. The van der Waals surface area contributed by atoms with Crippen molar-refractivity contribution in [3.8, 4) is 11.9 Å². The van der Waals surface area contributed by atoms with Gasteiger partial charge in [-0.25, -0.2) is 0 Å². The lowest BCUT2D eigenvalue weighted by molar-refractivity contribution is -0.384. The normalized spacial score (nSPS) is 11.0. The van der Waals surface area contributed by atoms with E-state index in [1.165, 1.54) is 24.4 Å². The summed E-state index contributed by atoms with van der Waals surface area (Å²) in [5.74, 6) is -0.300. The molecule has 1 aromatic carbocycles. The predicted octanol–water partition coefficient (Wildman–Crippen LogP) is 2.97. The Morgan fingerprint density at radius 1 is 1.44 bits per heavy atom. The molecule has 8 heteroatoms. The Balaban J connectivity index is 2.62. The molecule has 1 heterocycles. The molecule has 1 aromatic heterocycles. The number of nitriles is 1. The molecule has 8 nitrogen and oxygen atoms in total. The van der Waals surface area contributed by atoms with Gasteiger partial charge in [-0.3, -0.25) is 24.5 Å². The fraction of sp³-hybridized carbons (Fsp3) is 0.235. The molecule has 0 atom stereocenters. The number of nitro benzene ring substituents is 1. The van der Waals surface area contributed by atoms with Crippen molar-refractivity contribution in [3.63, 3.8) is 0 Å². The van der Waals surface area contributed by atoms with Gasteiger partial charge < -0.3 is 5.11 Å². The fourth-order valence-corrected chi connectivity index (χ4v) is 2.40. The lowest BCUT2D eigenvalue weighted by atomic mass is 10.1. The molecule has 0 spiro atoms. The average Bonchev–Trinajstić information content (AvgIpc) is 2.55. The lowest BCUT2D eigenvalue weighted by Gasteiger charge is -2.16. The fourth-order valence-electron chi connectivity index (χ4n) is 2.40. The summed E-state index contributed by atoms with van der Waals surface area (Å²) < 4.78 is 1.11. The third kappa shape index (κ3) is 3.40. The first-order chi connectivity index (χ1) is 11.8. The Kier molecular flexibility index (Phi) is 4.98. The smallest absolute Gasteiger partial charge is 0.271 e. The van der Waals surface area contributed by atoms with Gasteiger partial charge in [0.1, 0.15) is 11.6 Å². The second kappa shape index (κ2) is 6.97. The lowest BCUT2D eigenvalue weighted by Crippen LogP contribution is -2.26. The predicted molar refractivity (Wildman–Crippen MR) is 92.6 cm³/mol.